The van der Waals surface area contributed by atoms with Crippen LogP contribution >= 0.6 is 15.9 Å². The fourth-order valence-corrected chi connectivity index (χ4v) is 2.42. The highest BCUT2D eigenvalue weighted by Gasteiger charge is 2.17. The lowest BCUT2D eigenvalue weighted by Gasteiger charge is -2.25. The molecular formula is C15H27BrN4O. The number of nitrogens with zero attached hydrogens (tertiary/aromatic N) is 3. The molecular weight excluding hydrogens is 332 g/mol. The second-order valence-electron chi connectivity index (χ2n) is 6.11. The summed E-state index contributed by atoms with van der Waals surface area (Å²) in [4.78, 5) is 6.73. The Bertz CT molecular complexity index is 482. The predicted molar refractivity (Wildman–Crippen MR) is 91.4 cm³/mol. The third-order valence-corrected chi connectivity index (χ3v) is 3.69. The van der Waals surface area contributed by atoms with Crippen LogP contribution in [0.4, 0.5) is 0 Å². The molecule has 21 heavy (non-hydrogen) atoms. The number of rotatable bonds is 6. The van der Waals surface area contributed by atoms with Gasteiger partial charge in [0.15, 0.2) is 5.96 Å². The van der Waals surface area contributed by atoms with Crippen LogP contribution in [-0.4, -0.2) is 47.3 Å². The maximum atomic E-state index is 9.34. The number of hydrogen-bond donors (Lipinski definition) is 2. The van der Waals surface area contributed by atoms with E-state index < -0.39 is 0 Å². The van der Waals surface area contributed by atoms with Crippen molar-refractivity contribution in [1.82, 2.24) is 14.8 Å². The zero-order valence-corrected chi connectivity index (χ0v) is 15.2. The summed E-state index contributed by atoms with van der Waals surface area (Å²) in [6, 6.07) is 2.11. The molecule has 120 valence electrons. The summed E-state index contributed by atoms with van der Waals surface area (Å²) < 4.78 is 3.18. The summed E-state index contributed by atoms with van der Waals surface area (Å²) in [7, 11) is 4.06. The number of aliphatic hydroxyl groups is 1. The van der Waals surface area contributed by atoms with Crippen molar-refractivity contribution < 1.29 is 5.11 Å². The van der Waals surface area contributed by atoms with Gasteiger partial charge in [-0.25, -0.2) is 0 Å². The molecule has 5 nitrogen and oxygen atoms in total. The highest BCUT2D eigenvalue weighted by molar-refractivity contribution is 9.10. The van der Waals surface area contributed by atoms with Crippen LogP contribution < -0.4 is 5.32 Å². The van der Waals surface area contributed by atoms with Gasteiger partial charge in [-0.3, -0.25) is 4.99 Å². The van der Waals surface area contributed by atoms with E-state index in [0.29, 0.717) is 6.54 Å². The van der Waals surface area contributed by atoms with E-state index in [1.54, 1.807) is 0 Å². The number of aliphatic hydroxyl groups excluding tert-OH is 1. The van der Waals surface area contributed by atoms with E-state index in [9.17, 15) is 5.11 Å². The lowest BCUT2D eigenvalue weighted by Crippen LogP contribution is -2.39. The van der Waals surface area contributed by atoms with E-state index in [0.717, 1.165) is 23.5 Å². The molecule has 0 atom stereocenters. The summed E-state index contributed by atoms with van der Waals surface area (Å²) in [5.41, 5.74) is 1.01. The smallest absolute Gasteiger partial charge is 0.194 e. The Balaban J connectivity index is 2.79. The molecule has 0 aliphatic carbocycles. The van der Waals surface area contributed by atoms with Gasteiger partial charge in [-0.1, -0.05) is 13.8 Å². The van der Waals surface area contributed by atoms with Gasteiger partial charge in [-0.15, -0.1) is 0 Å². The SMILES string of the molecule is CCNC(=NCC(C)(C)CO)N(C)Cc1cc(Br)cn1C. The van der Waals surface area contributed by atoms with Crippen molar-refractivity contribution in [3.8, 4) is 0 Å². The zero-order chi connectivity index (χ0) is 16.0. The first kappa shape index (κ1) is 18.0. The van der Waals surface area contributed by atoms with Crippen LogP contribution in [-0.2, 0) is 13.6 Å². The Kier molecular flexibility index (Phi) is 6.74. The summed E-state index contributed by atoms with van der Waals surface area (Å²) in [6.45, 7) is 8.38. The van der Waals surface area contributed by atoms with Crippen LogP contribution in [0.2, 0.25) is 0 Å². The van der Waals surface area contributed by atoms with E-state index >= 15 is 0 Å². The Morgan fingerprint density at radius 2 is 2.19 bits per heavy atom. The van der Waals surface area contributed by atoms with Crippen LogP contribution in [0.15, 0.2) is 21.7 Å². The molecule has 0 saturated carbocycles. The highest BCUT2D eigenvalue weighted by Crippen LogP contribution is 2.16. The van der Waals surface area contributed by atoms with Gasteiger partial charge in [0, 0.05) is 49.0 Å². The first-order chi connectivity index (χ1) is 9.79. The molecule has 0 aromatic carbocycles. The van der Waals surface area contributed by atoms with E-state index in [-0.39, 0.29) is 12.0 Å². The third kappa shape index (κ3) is 5.71. The largest absolute Gasteiger partial charge is 0.396 e. The highest BCUT2D eigenvalue weighted by atomic mass is 79.9. The van der Waals surface area contributed by atoms with Gasteiger partial charge in [0.1, 0.15) is 0 Å². The lowest BCUT2D eigenvalue weighted by atomic mass is 9.95. The number of aliphatic imine (C=N–C) groups is 1. The molecule has 1 rings (SSSR count). The van der Waals surface area contributed by atoms with Gasteiger partial charge >= 0.3 is 0 Å². The van der Waals surface area contributed by atoms with E-state index in [1.807, 2.05) is 34.1 Å². The molecule has 0 aliphatic rings. The minimum atomic E-state index is -0.199. The second-order valence-corrected chi connectivity index (χ2v) is 7.02. The maximum Gasteiger partial charge on any atom is 0.194 e. The van der Waals surface area contributed by atoms with Gasteiger partial charge < -0.3 is 19.9 Å². The van der Waals surface area contributed by atoms with Crippen LogP contribution in [0.25, 0.3) is 0 Å². The van der Waals surface area contributed by atoms with Crippen molar-refractivity contribution >= 4 is 21.9 Å². The van der Waals surface area contributed by atoms with Gasteiger partial charge in [0.25, 0.3) is 0 Å². The molecule has 0 saturated heterocycles. The average molecular weight is 359 g/mol. The molecule has 6 heteroatoms. The summed E-state index contributed by atoms with van der Waals surface area (Å²) in [5.74, 6) is 0.858. The first-order valence-electron chi connectivity index (χ1n) is 7.20. The van der Waals surface area contributed by atoms with Crippen LogP contribution in [0.3, 0.4) is 0 Å². The molecule has 2 N–H and O–H groups in total. The first-order valence-corrected chi connectivity index (χ1v) is 7.99. The van der Waals surface area contributed by atoms with Crippen molar-refractivity contribution in [1.29, 1.82) is 0 Å². The van der Waals surface area contributed by atoms with Crippen LogP contribution in [0.1, 0.15) is 26.5 Å². The Hall–Kier alpha value is -1.01. The van der Waals surface area contributed by atoms with Crippen LogP contribution in [0, 0.1) is 5.41 Å². The number of aromatic nitrogens is 1. The van der Waals surface area contributed by atoms with E-state index in [1.165, 1.54) is 5.69 Å². The molecule has 0 radical (unpaired) electrons. The molecule has 0 bridgehead atoms. The molecule has 1 aromatic rings. The van der Waals surface area contributed by atoms with E-state index in [4.69, 9.17) is 0 Å². The molecule has 0 spiro atoms. The average Bonchev–Trinajstić information content (AvgIpc) is 2.72. The fourth-order valence-electron chi connectivity index (χ4n) is 1.85. The summed E-state index contributed by atoms with van der Waals surface area (Å²) in [6.07, 6.45) is 2.04. The van der Waals surface area contributed by atoms with Crippen molar-refractivity contribution in [3.63, 3.8) is 0 Å². The molecule has 0 fully saturated rings. The Morgan fingerprint density at radius 3 is 2.67 bits per heavy atom. The Morgan fingerprint density at radius 1 is 1.52 bits per heavy atom. The number of hydrogen-bond acceptors (Lipinski definition) is 2. The zero-order valence-electron chi connectivity index (χ0n) is 13.6. The molecule has 0 unspecified atom stereocenters. The van der Waals surface area contributed by atoms with Crippen molar-refractivity contribution in [2.24, 2.45) is 17.5 Å². The minimum absolute atomic E-state index is 0.129. The normalized spacial score (nSPS) is 12.6. The number of halogens is 1. The van der Waals surface area contributed by atoms with Crippen molar-refractivity contribution in [2.75, 3.05) is 26.7 Å². The standard InChI is InChI=1S/C15H27BrN4O/c1-6-17-14(18-10-15(2,3)11-21)20(5)9-13-7-12(16)8-19(13)4/h7-8,21H,6,9-11H2,1-5H3,(H,17,18). The summed E-state index contributed by atoms with van der Waals surface area (Å²) in [5, 5.41) is 12.6. The minimum Gasteiger partial charge on any atom is -0.396 e. The molecule has 0 amide bonds. The molecule has 0 aliphatic heterocycles. The molecule has 1 aromatic heterocycles. The monoisotopic (exact) mass is 358 g/mol. The summed E-state index contributed by atoms with van der Waals surface area (Å²) >= 11 is 3.49. The van der Waals surface area contributed by atoms with Gasteiger partial charge in [0.05, 0.1) is 13.1 Å². The van der Waals surface area contributed by atoms with Crippen LogP contribution in [0.5, 0.6) is 0 Å². The van der Waals surface area contributed by atoms with Gasteiger partial charge in [-0.2, -0.15) is 0 Å². The van der Waals surface area contributed by atoms with Gasteiger partial charge in [-0.05, 0) is 28.9 Å². The number of nitrogens with one attached hydrogen (secondary N) is 1. The predicted octanol–water partition coefficient (Wildman–Crippen LogP) is 2.20. The third-order valence-electron chi connectivity index (χ3n) is 3.26. The van der Waals surface area contributed by atoms with Crippen molar-refractivity contribution in [3.05, 3.63) is 22.4 Å². The quantitative estimate of drug-likeness (QED) is 0.605. The maximum absolute atomic E-state index is 9.34. The number of aryl methyl sites for hydroxylation is 1. The van der Waals surface area contributed by atoms with Crippen molar-refractivity contribution in [2.45, 2.75) is 27.3 Å². The van der Waals surface area contributed by atoms with E-state index in [2.05, 4.69) is 48.7 Å². The second kappa shape index (κ2) is 7.84. The topological polar surface area (TPSA) is 52.8 Å². The van der Waals surface area contributed by atoms with Gasteiger partial charge in [0.2, 0.25) is 0 Å². The fraction of sp³-hybridized carbons (Fsp3) is 0.667. The lowest BCUT2D eigenvalue weighted by molar-refractivity contribution is 0.167. The molecule has 1 heterocycles. The Labute approximate surface area is 136 Å². The number of guanidine groups is 1.